The first-order chi connectivity index (χ1) is 12.3. The molecule has 134 valence electrons. The number of carbonyl (C=O) groups is 2. The summed E-state index contributed by atoms with van der Waals surface area (Å²) in [5.74, 6) is -1.52. The van der Waals surface area contributed by atoms with E-state index >= 15 is 0 Å². The number of aryl methyl sites for hydroxylation is 1. The molecule has 0 aliphatic heterocycles. The molecule has 0 bridgehead atoms. The Morgan fingerprint density at radius 3 is 2.73 bits per heavy atom. The summed E-state index contributed by atoms with van der Waals surface area (Å²) < 4.78 is 1.16. The van der Waals surface area contributed by atoms with Crippen LogP contribution in [0.1, 0.15) is 20.8 Å². The quantitative estimate of drug-likeness (QED) is 0.711. The standard InChI is InChI=1S/C17H14ClN3O4S/c1-8-10(18)4-3-5-11(8)20-12(22)6-21-7-19-15-13(16(21)23)9(2)14(26-15)17(24)25/h3-5,7H,6H2,1-2H3,(H,20,22)(H,24,25). The Morgan fingerprint density at radius 2 is 2.04 bits per heavy atom. The van der Waals surface area contributed by atoms with E-state index in [9.17, 15) is 19.5 Å². The van der Waals surface area contributed by atoms with Gasteiger partial charge in [-0.1, -0.05) is 17.7 Å². The van der Waals surface area contributed by atoms with Crippen LogP contribution in [0.25, 0.3) is 10.2 Å². The molecule has 9 heteroatoms. The maximum atomic E-state index is 12.6. The van der Waals surface area contributed by atoms with Crippen molar-refractivity contribution >= 4 is 50.7 Å². The number of aromatic carboxylic acids is 1. The maximum Gasteiger partial charge on any atom is 0.346 e. The number of anilines is 1. The van der Waals surface area contributed by atoms with Crippen LogP contribution in [0.5, 0.6) is 0 Å². The number of hydrogen-bond acceptors (Lipinski definition) is 5. The van der Waals surface area contributed by atoms with E-state index in [1.807, 2.05) is 0 Å². The molecule has 26 heavy (non-hydrogen) atoms. The van der Waals surface area contributed by atoms with Gasteiger partial charge in [0.05, 0.1) is 11.7 Å². The number of carboxylic acids is 1. The molecular formula is C17H14ClN3O4S. The molecule has 0 saturated heterocycles. The fraction of sp³-hybridized carbons (Fsp3) is 0.176. The lowest BCUT2D eigenvalue weighted by molar-refractivity contribution is -0.116. The van der Waals surface area contributed by atoms with Crippen LogP contribution in [0.4, 0.5) is 5.69 Å². The summed E-state index contributed by atoms with van der Waals surface area (Å²) in [6.45, 7) is 3.09. The highest BCUT2D eigenvalue weighted by Gasteiger charge is 2.19. The number of amides is 1. The van der Waals surface area contributed by atoms with Crippen molar-refractivity contribution in [3.63, 3.8) is 0 Å². The minimum atomic E-state index is -1.11. The lowest BCUT2D eigenvalue weighted by Gasteiger charge is -2.10. The number of benzene rings is 1. The molecule has 3 aromatic rings. The number of hydrogen-bond donors (Lipinski definition) is 2. The van der Waals surface area contributed by atoms with Gasteiger partial charge >= 0.3 is 5.97 Å². The van der Waals surface area contributed by atoms with Crippen LogP contribution in [0.15, 0.2) is 29.3 Å². The zero-order chi connectivity index (χ0) is 19.0. The summed E-state index contributed by atoms with van der Waals surface area (Å²) in [6, 6.07) is 5.15. The fourth-order valence-electron chi connectivity index (χ4n) is 2.56. The second kappa shape index (κ2) is 6.89. The van der Waals surface area contributed by atoms with E-state index in [1.165, 1.54) is 6.33 Å². The largest absolute Gasteiger partial charge is 0.477 e. The summed E-state index contributed by atoms with van der Waals surface area (Å²) in [5, 5.41) is 12.6. The number of halogens is 1. The van der Waals surface area contributed by atoms with Crippen LogP contribution in [0, 0.1) is 13.8 Å². The Balaban J connectivity index is 1.91. The number of nitrogens with one attached hydrogen (secondary N) is 1. The molecule has 0 saturated carbocycles. The van der Waals surface area contributed by atoms with Crippen molar-refractivity contribution < 1.29 is 14.7 Å². The number of rotatable bonds is 4. The molecule has 2 aromatic heterocycles. The van der Waals surface area contributed by atoms with Gasteiger partial charge in [-0.3, -0.25) is 14.2 Å². The number of fused-ring (bicyclic) bond motifs is 1. The zero-order valence-corrected chi connectivity index (χ0v) is 15.4. The maximum absolute atomic E-state index is 12.6. The fourth-order valence-corrected chi connectivity index (χ4v) is 3.72. The molecule has 0 atom stereocenters. The van der Waals surface area contributed by atoms with Gasteiger partial charge in [-0.15, -0.1) is 11.3 Å². The topological polar surface area (TPSA) is 101 Å². The lowest BCUT2D eigenvalue weighted by Crippen LogP contribution is -2.28. The van der Waals surface area contributed by atoms with Gasteiger partial charge in [0, 0.05) is 10.7 Å². The highest BCUT2D eigenvalue weighted by Crippen LogP contribution is 2.26. The SMILES string of the molecule is Cc1c(Cl)cccc1NC(=O)Cn1cnc2sc(C(=O)O)c(C)c2c1=O. The van der Waals surface area contributed by atoms with Gasteiger partial charge in [0.25, 0.3) is 5.56 Å². The predicted molar refractivity (Wildman–Crippen MR) is 100 cm³/mol. The molecule has 2 N–H and O–H groups in total. The third kappa shape index (κ3) is 3.21. The minimum Gasteiger partial charge on any atom is -0.477 e. The number of thiophene rings is 1. The average molecular weight is 392 g/mol. The third-order valence-corrected chi connectivity index (χ3v) is 5.56. The molecule has 7 nitrogen and oxygen atoms in total. The Morgan fingerprint density at radius 1 is 1.31 bits per heavy atom. The van der Waals surface area contributed by atoms with Gasteiger partial charge in [0.2, 0.25) is 5.91 Å². The van der Waals surface area contributed by atoms with E-state index in [4.69, 9.17) is 11.6 Å². The van der Waals surface area contributed by atoms with E-state index < -0.39 is 17.4 Å². The Bertz CT molecular complexity index is 1100. The summed E-state index contributed by atoms with van der Waals surface area (Å²) >= 11 is 6.97. The second-order valence-corrected chi connectivity index (χ2v) is 7.09. The third-order valence-electron chi connectivity index (χ3n) is 3.97. The van der Waals surface area contributed by atoms with Crippen LogP contribution in [0.2, 0.25) is 5.02 Å². The van der Waals surface area contributed by atoms with Gasteiger partial charge in [-0.25, -0.2) is 9.78 Å². The van der Waals surface area contributed by atoms with Gasteiger partial charge in [0.1, 0.15) is 16.3 Å². The molecule has 0 unspecified atom stereocenters. The van der Waals surface area contributed by atoms with Crippen molar-refractivity contribution in [1.82, 2.24) is 9.55 Å². The first-order valence-corrected chi connectivity index (χ1v) is 8.76. The van der Waals surface area contributed by atoms with Crippen LogP contribution in [-0.2, 0) is 11.3 Å². The average Bonchev–Trinajstić information content (AvgIpc) is 2.92. The Hall–Kier alpha value is -2.71. The van der Waals surface area contributed by atoms with E-state index in [0.29, 0.717) is 21.1 Å². The second-order valence-electron chi connectivity index (χ2n) is 5.68. The van der Waals surface area contributed by atoms with Crippen LogP contribution in [-0.4, -0.2) is 26.5 Å². The van der Waals surface area contributed by atoms with Gasteiger partial charge < -0.3 is 10.4 Å². The van der Waals surface area contributed by atoms with Crippen molar-refractivity contribution in [2.45, 2.75) is 20.4 Å². The molecule has 2 heterocycles. The number of carbonyl (C=O) groups excluding carboxylic acids is 1. The van der Waals surface area contributed by atoms with E-state index in [-0.39, 0.29) is 16.8 Å². The lowest BCUT2D eigenvalue weighted by atomic mass is 10.2. The van der Waals surface area contributed by atoms with Crippen LogP contribution in [0.3, 0.4) is 0 Å². The monoisotopic (exact) mass is 391 g/mol. The zero-order valence-electron chi connectivity index (χ0n) is 13.9. The number of nitrogens with zero attached hydrogens (tertiary/aromatic N) is 2. The smallest absolute Gasteiger partial charge is 0.346 e. The predicted octanol–water partition coefficient (Wildman–Crippen LogP) is 3.07. The van der Waals surface area contributed by atoms with E-state index in [0.717, 1.165) is 21.5 Å². The van der Waals surface area contributed by atoms with E-state index in [1.54, 1.807) is 32.0 Å². The van der Waals surface area contributed by atoms with Crippen molar-refractivity contribution in [1.29, 1.82) is 0 Å². The molecular weight excluding hydrogens is 378 g/mol. The molecule has 0 aliphatic rings. The molecule has 0 fully saturated rings. The molecule has 1 aromatic carbocycles. The molecule has 0 radical (unpaired) electrons. The van der Waals surface area contributed by atoms with Gasteiger partial charge in [-0.2, -0.15) is 0 Å². The number of carboxylic acid groups (broad SMARTS) is 1. The highest BCUT2D eigenvalue weighted by molar-refractivity contribution is 7.20. The summed E-state index contributed by atoms with van der Waals surface area (Å²) in [5.41, 5.74) is 1.19. The Labute approximate surface area is 156 Å². The molecule has 3 rings (SSSR count). The van der Waals surface area contributed by atoms with Crippen molar-refractivity contribution in [3.05, 3.63) is 55.9 Å². The minimum absolute atomic E-state index is 0.0707. The highest BCUT2D eigenvalue weighted by atomic mass is 35.5. The first-order valence-electron chi connectivity index (χ1n) is 7.56. The van der Waals surface area contributed by atoms with Crippen LogP contribution < -0.4 is 10.9 Å². The van der Waals surface area contributed by atoms with Gasteiger partial charge in [-0.05, 0) is 37.1 Å². The van der Waals surface area contributed by atoms with Crippen LogP contribution >= 0.6 is 22.9 Å². The summed E-state index contributed by atoms with van der Waals surface area (Å²) in [7, 11) is 0. The van der Waals surface area contributed by atoms with Crippen molar-refractivity contribution in [3.8, 4) is 0 Å². The Kier molecular flexibility index (Phi) is 4.80. The molecule has 0 spiro atoms. The van der Waals surface area contributed by atoms with Crippen molar-refractivity contribution in [2.24, 2.45) is 0 Å². The van der Waals surface area contributed by atoms with E-state index in [2.05, 4.69) is 10.3 Å². The number of aromatic nitrogens is 2. The summed E-state index contributed by atoms with van der Waals surface area (Å²) in [4.78, 5) is 40.7. The normalized spacial score (nSPS) is 10.9. The van der Waals surface area contributed by atoms with Crippen molar-refractivity contribution in [2.75, 3.05) is 5.32 Å². The first kappa shape index (κ1) is 18.1. The van der Waals surface area contributed by atoms with Gasteiger partial charge in [0.15, 0.2) is 0 Å². The molecule has 1 amide bonds. The molecule has 0 aliphatic carbocycles. The summed E-state index contributed by atoms with van der Waals surface area (Å²) in [6.07, 6.45) is 1.25.